The highest BCUT2D eigenvalue weighted by molar-refractivity contribution is 7.20. The van der Waals surface area contributed by atoms with Crippen molar-refractivity contribution in [3.8, 4) is 0 Å². The number of hydrazine groups is 1. The lowest BCUT2D eigenvalue weighted by Gasteiger charge is -2.14. The molecule has 6 heteroatoms. The van der Waals surface area contributed by atoms with Gasteiger partial charge in [-0.2, -0.15) is 0 Å². The standard InChI is InChI=1S/C11H12Cl2N2S2/c12-10-6-8(11(13)17-10)9(15-14)4-3-7-2-1-5-16-7/h1-2,5-6,9,15H,3-4,14H2. The molecule has 2 aromatic rings. The van der Waals surface area contributed by atoms with Gasteiger partial charge in [-0.1, -0.05) is 29.3 Å². The molecule has 0 aliphatic carbocycles. The highest BCUT2D eigenvalue weighted by Crippen LogP contribution is 2.36. The minimum absolute atomic E-state index is 0.0494. The Hall–Kier alpha value is -0.100. The summed E-state index contributed by atoms with van der Waals surface area (Å²) in [5.74, 6) is 5.58. The number of thiophene rings is 2. The number of nitrogens with two attached hydrogens (primary N) is 1. The van der Waals surface area contributed by atoms with E-state index in [0.29, 0.717) is 8.67 Å². The fourth-order valence-electron chi connectivity index (χ4n) is 1.66. The van der Waals surface area contributed by atoms with E-state index in [2.05, 4.69) is 22.9 Å². The van der Waals surface area contributed by atoms with Gasteiger partial charge < -0.3 is 0 Å². The lowest BCUT2D eigenvalue weighted by Crippen LogP contribution is -2.28. The van der Waals surface area contributed by atoms with Gasteiger partial charge in [0.2, 0.25) is 0 Å². The number of hydrogen-bond donors (Lipinski definition) is 2. The highest BCUT2D eigenvalue weighted by atomic mass is 35.5. The number of hydrogen-bond acceptors (Lipinski definition) is 4. The third-order valence-electron chi connectivity index (χ3n) is 2.52. The molecule has 1 atom stereocenters. The van der Waals surface area contributed by atoms with Crippen molar-refractivity contribution in [1.29, 1.82) is 0 Å². The summed E-state index contributed by atoms with van der Waals surface area (Å²) >= 11 is 15.2. The second-order valence-electron chi connectivity index (χ2n) is 3.62. The molecule has 2 heterocycles. The van der Waals surface area contributed by atoms with Crippen LogP contribution in [0.25, 0.3) is 0 Å². The molecule has 0 bridgehead atoms. The van der Waals surface area contributed by atoms with Gasteiger partial charge in [0.1, 0.15) is 0 Å². The first-order valence-electron chi connectivity index (χ1n) is 5.14. The van der Waals surface area contributed by atoms with Gasteiger partial charge in [-0.25, -0.2) is 0 Å². The number of aryl methyl sites for hydroxylation is 1. The fourth-order valence-corrected chi connectivity index (χ4v) is 3.96. The van der Waals surface area contributed by atoms with E-state index in [1.807, 2.05) is 6.07 Å². The van der Waals surface area contributed by atoms with Crippen molar-refractivity contribution >= 4 is 45.9 Å². The van der Waals surface area contributed by atoms with E-state index in [-0.39, 0.29) is 6.04 Å². The second kappa shape index (κ2) is 6.18. The summed E-state index contributed by atoms with van der Waals surface area (Å²) in [4.78, 5) is 1.35. The van der Waals surface area contributed by atoms with Gasteiger partial charge in [0.25, 0.3) is 0 Å². The van der Waals surface area contributed by atoms with E-state index in [4.69, 9.17) is 29.0 Å². The molecule has 2 rings (SSSR count). The normalized spacial score (nSPS) is 12.9. The largest absolute Gasteiger partial charge is 0.271 e. The molecule has 2 nitrogen and oxygen atoms in total. The molecule has 0 saturated carbocycles. The van der Waals surface area contributed by atoms with E-state index in [0.717, 1.165) is 18.4 Å². The second-order valence-corrected chi connectivity index (χ2v) is 6.93. The van der Waals surface area contributed by atoms with Gasteiger partial charge in [0.05, 0.1) is 8.67 Å². The SMILES string of the molecule is NNC(CCc1cccs1)c1cc(Cl)sc1Cl. The Labute approximate surface area is 118 Å². The lowest BCUT2D eigenvalue weighted by atomic mass is 10.1. The van der Waals surface area contributed by atoms with Crippen molar-refractivity contribution in [2.45, 2.75) is 18.9 Å². The van der Waals surface area contributed by atoms with Gasteiger partial charge in [-0.05, 0) is 30.4 Å². The van der Waals surface area contributed by atoms with Crippen LogP contribution in [-0.4, -0.2) is 0 Å². The summed E-state index contributed by atoms with van der Waals surface area (Å²) in [6, 6.07) is 6.11. The molecule has 1 unspecified atom stereocenters. The summed E-state index contributed by atoms with van der Waals surface area (Å²) in [5.41, 5.74) is 3.79. The Kier molecular flexibility index (Phi) is 4.85. The van der Waals surface area contributed by atoms with Crippen LogP contribution in [0.15, 0.2) is 23.6 Å². The minimum Gasteiger partial charge on any atom is -0.271 e. The first-order chi connectivity index (χ1) is 8.20. The maximum absolute atomic E-state index is 6.12. The van der Waals surface area contributed by atoms with E-state index >= 15 is 0 Å². The van der Waals surface area contributed by atoms with E-state index in [1.165, 1.54) is 16.2 Å². The average Bonchev–Trinajstić information content (AvgIpc) is 2.90. The van der Waals surface area contributed by atoms with E-state index < -0.39 is 0 Å². The van der Waals surface area contributed by atoms with Crippen LogP contribution in [0.3, 0.4) is 0 Å². The molecule has 17 heavy (non-hydrogen) atoms. The molecule has 0 aromatic carbocycles. The summed E-state index contributed by atoms with van der Waals surface area (Å²) in [6.45, 7) is 0. The first kappa shape index (κ1) is 13.3. The topological polar surface area (TPSA) is 38.0 Å². The average molecular weight is 307 g/mol. The van der Waals surface area contributed by atoms with Crippen molar-refractivity contribution < 1.29 is 0 Å². The molecule has 0 aliphatic heterocycles. The Morgan fingerprint density at radius 2 is 2.24 bits per heavy atom. The van der Waals surface area contributed by atoms with Crippen LogP contribution in [0.2, 0.25) is 8.67 Å². The van der Waals surface area contributed by atoms with Crippen LogP contribution in [0, 0.1) is 0 Å². The quantitative estimate of drug-likeness (QED) is 0.640. The molecule has 0 radical (unpaired) electrons. The summed E-state index contributed by atoms with van der Waals surface area (Å²) in [6.07, 6.45) is 1.89. The van der Waals surface area contributed by atoms with E-state index in [9.17, 15) is 0 Å². The van der Waals surface area contributed by atoms with Gasteiger partial charge in [-0.3, -0.25) is 11.3 Å². The highest BCUT2D eigenvalue weighted by Gasteiger charge is 2.16. The predicted octanol–water partition coefficient (Wildman–Crippen LogP) is 4.25. The monoisotopic (exact) mass is 306 g/mol. The van der Waals surface area contributed by atoms with Crippen LogP contribution in [0.1, 0.15) is 22.9 Å². The van der Waals surface area contributed by atoms with E-state index in [1.54, 1.807) is 11.3 Å². The Morgan fingerprint density at radius 1 is 1.41 bits per heavy atom. The van der Waals surface area contributed by atoms with Crippen LogP contribution < -0.4 is 11.3 Å². The van der Waals surface area contributed by atoms with Crippen molar-refractivity contribution in [3.63, 3.8) is 0 Å². The lowest BCUT2D eigenvalue weighted by molar-refractivity contribution is 0.519. The Balaban J connectivity index is 2.04. The van der Waals surface area contributed by atoms with Crippen molar-refractivity contribution in [1.82, 2.24) is 5.43 Å². The van der Waals surface area contributed by atoms with Crippen LogP contribution in [-0.2, 0) is 6.42 Å². The molecule has 2 aromatic heterocycles. The zero-order valence-electron chi connectivity index (χ0n) is 8.95. The zero-order valence-corrected chi connectivity index (χ0v) is 12.1. The molecule has 0 saturated heterocycles. The molecule has 0 amide bonds. The molecule has 0 fully saturated rings. The predicted molar refractivity (Wildman–Crippen MR) is 77.0 cm³/mol. The van der Waals surface area contributed by atoms with Crippen molar-refractivity contribution in [3.05, 3.63) is 42.7 Å². The van der Waals surface area contributed by atoms with Crippen molar-refractivity contribution in [2.24, 2.45) is 5.84 Å². The number of nitrogens with one attached hydrogen (secondary N) is 1. The minimum atomic E-state index is 0.0494. The Bertz CT molecular complexity index is 468. The third-order valence-corrected chi connectivity index (χ3v) is 4.97. The van der Waals surface area contributed by atoms with Gasteiger partial charge in [0, 0.05) is 16.5 Å². The summed E-state index contributed by atoms with van der Waals surface area (Å²) in [7, 11) is 0. The van der Waals surface area contributed by atoms with Gasteiger partial charge >= 0.3 is 0 Å². The number of rotatable bonds is 5. The fraction of sp³-hybridized carbons (Fsp3) is 0.273. The smallest absolute Gasteiger partial charge is 0.0992 e. The third kappa shape index (κ3) is 3.44. The zero-order chi connectivity index (χ0) is 12.3. The van der Waals surface area contributed by atoms with Gasteiger partial charge in [-0.15, -0.1) is 22.7 Å². The maximum atomic E-state index is 6.12. The molecule has 92 valence electrons. The first-order valence-corrected chi connectivity index (χ1v) is 7.59. The maximum Gasteiger partial charge on any atom is 0.0992 e. The van der Waals surface area contributed by atoms with Crippen LogP contribution >= 0.6 is 45.9 Å². The summed E-state index contributed by atoms with van der Waals surface area (Å²) in [5, 5.41) is 2.08. The number of halogens is 2. The molecule has 0 aliphatic rings. The molecular formula is C11H12Cl2N2S2. The van der Waals surface area contributed by atoms with Crippen molar-refractivity contribution in [2.75, 3.05) is 0 Å². The van der Waals surface area contributed by atoms with Gasteiger partial charge in [0.15, 0.2) is 0 Å². The molecule has 0 spiro atoms. The van der Waals surface area contributed by atoms with Crippen LogP contribution in [0.4, 0.5) is 0 Å². The summed E-state index contributed by atoms with van der Waals surface area (Å²) < 4.78 is 1.41. The molecular weight excluding hydrogens is 295 g/mol. The van der Waals surface area contributed by atoms with Crippen LogP contribution in [0.5, 0.6) is 0 Å². The Morgan fingerprint density at radius 3 is 2.76 bits per heavy atom. The molecule has 3 N–H and O–H groups in total.